The number of nitrogens with one attached hydrogen (secondary N) is 1. The van der Waals surface area contributed by atoms with Crippen LogP contribution in [0, 0.1) is 11.6 Å². The zero-order valence-corrected chi connectivity index (χ0v) is 11.7. The Balaban J connectivity index is 2.14. The van der Waals surface area contributed by atoms with E-state index in [9.17, 15) is 8.78 Å². The van der Waals surface area contributed by atoms with Crippen molar-refractivity contribution in [3.05, 3.63) is 47.5 Å². The molecule has 1 aromatic carbocycles. The van der Waals surface area contributed by atoms with Gasteiger partial charge in [-0.05, 0) is 30.5 Å². The molecule has 0 aliphatic heterocycles. The van der Waals surface area contributed by atoms with E-state index in [1.54, 1.807) is 12.1 Å². The number of unbranched alkanes of at least 4 members (excludes halogenated alkanes) is 1. The molecule has 0 saturated heterocycles. The van der Waals surface area contributed by atoms with Gasteiger partial charge in [0.25, 0.3) is 5.88 Å². The molecule has 1 aromatic heterocycles. The number of hydrogen-bond acceptors (Lipinski definition) is 4. The van der Waals surface area contributed by atoms with Gasteiger partial charge in [0.15, 0.2) is 17.5 Å². The number of nitrogens with zero attached hydrogens (tertiary/aromatic N) is 1. The number of benzene rings is 1. The zero-order valence-electron chi connectivity index (χ0n) is 11.7. The Morgan fingerprint density at radius 2 is 1.90 bits per heavy atom. The second kappa shape index (κ2) is 6.99. The molecule has 0 fully saturated rings. The highest BCUT2D eigenvalue weighted by molar-refractivity contribution is 5.40. The summed E-state index contributed by atoms with van der Waals surface area (Å²) in [6.45, 7) is 2.13. The monoisotopic (exact) mass is 293 g/mol. The standard InChI is InChI=1S/C15H17F2N3O/c1-2-3-4-10-5-7-11(8-6-10)21-15-13(17)9-12(16)14(19-15)20-18/h5-9H,2-4,18H2,1H3,(H,19,20). The smallest absolute Gasteiger partial charge is 0.258 e. The molecule has 3 N–H and O–H groups in total. The van der Waals surface area contributed by atoms with Crippen molar-refractivity contribution in [3.63, 3.8) is 0 Å². The number of nitrogen functional groups attached to an aromatic ring is 1. The number of anilines is 1. The fourth-order valence-electron chi connectivity index (χ4n) is 1.84. The Labute approximate surface area is 121 Å². The van der Waals surface area contributed by atoms with Gasteiger partial charge in [0.2, 0.25) is 0 Å². The largest absolute Gasteiger partial charge is 0.436 e. The van der Waals surface area contributed by atoms with Crippen LogP contribution in [0.3, 0.4) is 0 Å². The molecule has 0 spiro atoms. The number of hydrogen-bond donors (Lipinski definition) is 2. The van der Waals surface area contributed by atoms with Gasteiger partial charge in [0.1, 0.15) is 5.75 Å². The highest BCUT2D eigenvalue weighted by atomic mass is 19.1. The van der Waals surface area contributed by atoms with Crippen molar-refractivity contribution in [1.82, 2.24) is 4.98 Å². The minimum atomic E-state index is -0.887. The molecular weight excluding hydrogens is 276 g/mol. The number of aromatic nitrogens is 1. The number of pyridine rings is 1. The third kappa shape index (κ3) is 3.88. The molecule has 0 radical (unpaired) electrons. The number of rotatable bonds is 6. The van der Waals surface area contributed by atoms with E-state index in [0.29, 0.717) is 11.8 Å². The number of nitrogens with two attached hydrogens (primary N) is 1. The van der Waals surface area contributed by atoms with Gasteiger partial charge in [-0.3, -0.25) is 0 Å². The summed E-state index contributed by atoms with van der Waals surface area (Å²) in [5.74, 6) is 3.16. The van der Waals surface area contributed by atoms with Crippen LogP contribution in [0.1, 0.15) is 25.3 Å². The maximum absolute atomic E-state index is 13.6. The maximum atomic E-state index is 13.6. The first-order valence-electron chi connectivity index (χ1n) is 6.73. The van der Waals surface area contributed by atoms with Crippen LogP contribution in [-0.2, 0) is 6.42 Å². The molecule has 0 amide bonds. The molecule has 1 heterocycles. The van der Waals surface area contributed by atoms with Crippen molar-refractivity contribution in [3.8, 4) is 11.6 Å². The molecule has 0 aliphatic rings. The van der Waals surface area contributed by atoms with Crippen LogP contribution in [0.5, 0.6) is 11.6 Å². The fraction of sp³-hybridized carbons (Fsp3) is 0.267. The van der Waals surface area contributed by atoms with Gasteiger partial charge < -0.3 is 10.2 Å². The van der Waals surface area contributed by atoms with Crippen LogP contribution >= 0.6 is 0 Å². The average Bonchev–Trinajstić information content (AvgIpc) is 2.49. The molecule has 6 heteroatoms. The van der Waals surface area contributed by atoms with E-state index in [1.807, 2.05) is 17.6 Å². The van der Waals surface area contributed by atoms with Gasteiger partial charge in [-0.2, -0.15) is 4.98 Å². The first-order chi connectivity index (χ1) is 10.1. The SMILES string of the molecule is CCCCc1ccc(Oc2nc(NN)c(F)cc2F)cc1. The van der Waals surface area contributed by atoms with Crippen LogP contribution < -0.4 is 16.0 Å². The second-order valence-electron chi connectivity index (χ2n) is 4.60. The van der Waals surface area contributed by atoms with Gasteiger partial charge in [-0.1, -0.05) is 25.5 Å². The lowest BCUT2D eigenvalue weighted by Crippen LogP contribution is -2.11. The molecule has 112 valence electrons. The highest BCUT2D eigenvalue weighted by Crippen LogP contribution is 2.26. The highest BCUT2D eigenvalue weighted by Gasteiger charge is 2.13. The predicted octanol–water partition coefficient (Wildman–Crippen LogP) is 3.78. The molecule has 21 heavy (non-hydrogen) atoms. The summed E-state index contributed by atoms with van der Waals surface area (Å²) in [4.78, 5) is 3.65. The second-order valence-corrected chi connectivity index (χ2v) is 4.60. The Kier molecular flexibility index (Phi) is 5.05. The summed E-state index contributed by atoms with van der Waals surface area (Å²) in [7, 11) is 0. The van der Waals surface area contributed by atoms with E-state index in [2.05, 4.69) is 11.9 Å². The molecule has 0 aliphatic carbocycles. The van der Waals surface area contributed by atoms with E-state index >= 15 is 0 Å². The zero-order chi connectivity index (χ0) is 15.2. The fourth-order valence-corrected chi connectivity index (χ4v) is 1.84. The summed E-state index contributed by atoms with van der Waals surface area (Å²) in [6, 6.07) is 7.95. The van der Waals surface area contributed by atoms with Gasteiger partial charge in [-0.15, -0.1) is 0 Å². The van der Waals surface area contributed by atoms with Crippen molar-refractivity contribution in [2.24, 2.45) is 5.84 Å². The van der Waals surface area contributed by atoms with Crippen molar-refractivity contribution >= 4 is 5.82 Å². The van der Waals surface area contributed by atoms with Crippen LogP contribution in [0.25, 0.3) is 0 Å². The van der Waals surface area contributed by atoms with Crippen molar-refractivity contribution in [2.75, 3.05) is 5.43 Å². The predicted molar refractivity (Wildman–Crippen MR) is 77.1 cm³/mol. The van der Waals surface area contributed by atoms with Gasteiger partial charge in [-0.25, -0.2) is 14.6 Å². The molecule has 2 rings (SSSR count). The number of halogens is 2. The molecule has 0 bridgehead atoms. The van der Waals surface area contributed by atoms with E-state index in [4.69, 9.17) is 10.6 Å². The molecule has 0 unspecified atom stereocenters. The number of ether oxygens (including phenoxy) is 1. The van der Waals surface area contributed by atoms with Crippen molar-refractivity contribution in [1.29, 1.82) is 0 Å². The van der Waals surface area contributed by atoms with Crippen LogP contribution in [-0.4, -0.2) is 4.98 Å². The van der Waals surface area contributed by atoms with Gasteiger partial charge in [0.05, 0.1) is 0 Å². The van der Waals surface area contributed by atoms with E-state index in [1.165, 1.54) is 5.56 Å². The van der Waals surface area contributed by atoms with Crippen molar-refractivity contribution < 1.29 is 13.5 Å². The Bertz CT molecular complexity index is 603. The van der Waals surface area contributed by atoms with Crippen LogP contribution in [0.2, 0.25) is 0 Å². The lowest BCUT2D eigenvalue weighted by molar-refractivity contribution is 0.418. The average molecular weight is 293 g/mol. The third-order valence-electron chi connectivity index (χ3n) is 2.99. The van der Waals surface area contributed by atoms with Crippen LogP contribution in [0.4, 0.5) is 14.6 Å². The van der Waals surface area contributed by atoms with Gasteiger partial charge in [0, 0.05) is 6.07 Å². The molecule has 0 saturated carbocycles. The maximum Gasteiger partial charge on any atom is 0.258 e. The Morgan fingerprint density at radius 1 is 1.19 bits per heavy atom. The van der Waals surface area contributed by atoms with Gasteiger partial charge >= 0.3 is 0 Å². The molecule has 4 nitrogen and oxygen atoms in total. The Morgan fingerprint density at radius 3 is 2.52 bits per heavy atom. The minimum Gasteiger partial charge on any atom is -0.436 e. The van der Waals surface area contributed by atoms with Crippen molar-refractivity contribution in [2.45, 2.75) is 26.2 Å². The van der Waals surface area contributed by atoms with E-state index in [-0.39, 0.29) is 11.7 Å². The first-order valence-corrected chi connectivity index (χ1v) is 6.73. The van der Waals surface area contributed by atoms with E-state index in [0.717, 1.165) is 19.3 Å². The summed E-state index contributed by atoms with van der Waals surface area (Å²) in [6.07, 6.45) is 3.22. The van der Waals surface area contributed by atoms with E-state index < -0.39 is 11.6 Å². The summed E-state index contributed by atoms with van der Waals surface area (Å²) in [5, 5.41) is 0. The topological polar surface area (TPSA) is 60.2 Å². The normalized spacial score (nSPS) is 10.5. The summed E-state index contributed by atoms with van der Waals surface area (Å²) in [5.41, 5.74) is 3.23. The minimum absolute atomic E-state index is 0.272. The molecule has 2 aromatic rings. The lowest BCUT2D eigenvalue weighted by atomic mass is 10.1. The number of hydrazine groups is 1. The Hall–Kier alpha value is -2.21. The molecular formula is C15H17F2N3O. The lowest BCUT2D eigenvalue weighted by Gasteiger charge is -2.09. The summed E-state index contributed by atoms with van der Waals surface area (Å²) < 4.78 is 32.2. The van der Waals surface area contributed by atoms with Crippen LogP contribution in [0.15, 0.2) is 30.3 Å². The number of aryl methyl sites for hydroxylation is 1. The quantitative estimate of drug-likeness (QED) is 0.628. The third-order valence-corrected chi connectivity index (χ3v) is 2.99. The molecule has 0 atom stereocenters. The first kappa shape index (κ1) is 15.2. The summed E-state index contributed by atoms with van der Waals surface area (Å²) >= 11 is 0.